The van der Waals surface area contributed by atoms with Crippen molar-refractivity contribution in [3.8, 4) is 0 Å². The normalized spacial score (nSPS) is 39.2. The molecule has 82 valence electrons. The van der Waals surface area contributed by atoms with E-state index in [1.807, 2.05) is 0 Å². The van der Waals surface area contributed by atoms with Crippen molar-refractivity contribution in [2.45, 2.75) is 50.9 Å². The number of fused-ring (bicyclic) bond motifs is 1. The summed E-state index contributed by atoms with van der Waals surface area (Å²) in [6.07, 6.45) is 6.17. The van der Waals surface area contributed by atoms with Crippen molar-refractivity contribution in [1.29, 1.82) is 0 Å². The van der Waals surface area contributed by atoms with Gasteiger partial charge in [-0.25, -0.2) is 0 Å². The zero-order chi connectivity index (χ0) is 10.8. The molecule has 0 amide bonds. The van der Waals surface area contributed by atoms with Gasteiger partial charge in [0.1, 0.15) is 0 Å². The fraction of sp³-hybridized carbons (Fsp3) is 0.917. The van der Waals surface area contributed by atoms with Crippen LogP contribution in [0, 0.1) is 5.92 Å². The van der Waals surface area contributed by atoms with Crippen LogP contribution >= 0.6 is 0 Å². The lowest BCUT2D eigenvalue weighted by Gasteiger charge is -2.47. The largest absolute Gasteiger partial charge is 0.360 e. The molecule has 1 saturated carbocycles. The van der Waals surface area contributed by atoms with Gasteiger partial charge >= 0.3 is 0 Å². The average molecular weight is 204 g/mol. The van der Waals surface area contributed by atoms with Crippen molar-refractivity contribution in [2.75, 3.05) is 13.6 Å². The molecule has 1 saturated heterocycles. The molecule has 0 aromatic carbocycles. The quantitative estimate of drug-likeness (QED) is 0.598. The Hall–Kier alpha value is -0.465. The Morgan fingerprint density at radius 2 is 2.20 bits per heavy atom. The Bertz CT molecular complexity index is 252. The van der Waals surface area contributed by atoms with E-state index in [0.717, 1.165) is 13.0 Å². The van der Waals surface area contributed by atoms with Crippen molar-refractivity contribution in [2.24, 2.45) is 10.9 Å². The third kappa shape index (κ3) is 2.06. The molecule has 0 bridgehead atoms. The summed E-state index contributed by atoms with van der Waals surface area (Å²) in [4.78, 5) is 6.98. The number of hydrogen-bond donors (Lipinski definition) is 0. The SMILES string of the molecule is [B]C1CCCC2C1CCC(=NCC)N2C. The predicted molar refractivity (Wildman–Crippen MR) is 65.6 cm³/mol. The molecule has 0 spiro atoms. The topological polar surface area (TPSA) is 15.6 Å². The molecule has 2 nitrogen and oxygen atoms in total. The highest BCUT2D eigenvalue weighted by Crippen LogP contribution is 2.40. The van der Waals surface area contributed by atoms with E-state index in [4.69, 9.17) is 7.85 Å². The average Bonchev–Trinajstić information content (AvgIpc) is 2.23. The number of aliphatic imine (C=N–C) groups is 1. The van der Waals surface area contributed by atoms with Crippen LogP contribution in [0.15, 0.2) is 4.99 Å². The number of rotatable bonds is 1. The lowest BCUT2D eigenvalue weighted by atomic mass is 9.63. The summed E-state index contributed by atoms with van der Waals surface area (Å²) in [6.45, 7) is 3.02. The molecule has 0 aromatic heterocycles. The number of hydrogen-bond acceptors (Lipinski definition) is 1. The highest BCUT2D eigenvalue weighted by molar-refractivity contribution is 6.12. The van der Waals surface area contributed by atoms with Crippen LogP contribution in [0.3, 0.4) is 0 Å². The van der Waals surface area contributed by atoms with Gasteiger partial charge in [-0.05, 0) is 25.7 Å². The van der Waals surface area contributed by atoms with Crippen LogP contribution in [0.2, 0.25) is 5.82 Å². The maximum atomic E-state index is 6.20. The van der Waals surface area contributed by atoms with Gasteiger partial charge < -0.3 is 4.90 Å². The third-order valence-corrected chi connectivity index (χ3v) is 4.03. The summed E-state index contributed by atoms with van der Waals surface area (Å²) >= 11 is 0. The van der Waals surface area contributed by atoms with E-state index in [1.54, 1.807) is 0 Å². The fourth-order valence-electron chi connectivity index (χ4n) is 3.20. The summed E-state index contributed by atoms with van der Waals surface area (Å²) in [7, 11) is 8.40. The monoisotopic (exact) mass is 204 g/mol. The maximum absolute atomic E-state index is 6.20. The Morgan fingerprint density at radius 1 is 1.40 bits per heavy atom. The maximum Gasteiger partial charge on any atom is 0.0988 e. The smallest absolute Gasteiger partial charge is 0.0988 e. The first-order valence-electron chi connectivity index (χ1n) is 6.25. The Kier molecular flexibility index (Phi) is 3.37. The van der Waals surface area contributed by atoms with Gasteiger partial charge in [0.15, 0.2) is 0 Å². The molecule has 0 N–H and O–H groups in total. The van der Waals surface area contributed by atoms with Crippen molar-refractivity contribution in [3.63, 3.8) is 0 Å². The first-order chi connectivity index (χ1) is 7.24. The van der Waals surface area contributed by atoms with E-state index in [-0.39, 0.29) is 0 Å². The van der Waals surface area contributed by atoms with Gasteiger partial charge in [-0.15, -0.1) is 0 Å². The van der Waals surface area contributed by atoms with Crippen molar-refractivity contribution >= 4 is 13.7 Å². The fourth-order valence-corrected chi connectivity index (χ4v) is 3.20. The predicted octanol–water partition coefficient (Wildman–Crippen LogP) is 2.26. The summed E-state index contributed by atoms with van der Waals surface area (Å²) in [5.74, 6) is 2.43. The molecule has 1 heterocycles. The molecule has 3 atom stereocenters. The summed E-state index contributed by atoms with van der Waals surface area (Å²) in [5, 5.41) is 0. The van der Waals surface area contributed by atoms with Crippen LogP contribution in [0.25, 0.3) is 0 Å². The summed E-state index contributed by atoms with van der Waals surface area (Å²) in [6, 6.07) is 0.660. The van der Waals surface area contributed by atoms with Crippen molar-refractivity contribution in [3.05, 3.63) is 0 Å². The molecule has 2 aliphatic rings. The third-order valence-electron chi connectivity index (χ3n) is 4.03. The number of piperidine rings is 1. The summed E-state index contributed by atoms with van der Waals surface area (Å²) < 4.78 is 0. The highest BCUT2D eigenvalue weighted by atomic mass is 15.2. The van der Waals surface area contributed by atoms with Crippen molar-refractivity contribution in [1.82, 2.24) is 4.90 Å². The zero-order valence-corrected chi connectivity index (χ0v) is 9.95. The van der Waals surface area contributed by atoms with Crippen LogP contribution in [0.4, 0.5) is 0 Å². The van der Waals surface area contributed by atoms with Gasteiger partial charge in [0.05, 0.1) is 13.7 Å². The molecular formula is C12H21BN2. The first-order valence-corrected chi connectivity index (χ1v) is 6.25. The number of amidine groups is 1. The van der Waals surface area contributed by atoms with E-state index in [9.17, 15) is 0 Å². The van der Waals surface area contributed by atoms with Crippen LogP contribution in [-0.2, 0) is 0 Å². The van der Waals surface area contributed by atoms with E-state index in [2.05, 4.69) is 23.9 Å². The summed E-state index contributed by atoms with van der Waals surface area (Å²) in [5.41, 5.74) is 0. The Balaban J connectivity index is 2.10. The molecule has 3 unspecified atom stereocenters. The second-order valence-corrected chi connectivity index (χ2v) is 4.87. The molecule has 15 heavy (non-hydrogen) atoms. The van der Waals surface area contributed by atoms with Gasteiger partial charge in [0, 0.05) is 26.1 Å². The zero-order valence-electron chi connectivity index (χ0n) is 9.95. The van der Waals surface area contributed by atoms with Crippen LogP contribution in [0.1, 0.15) is 39.0 Å². The molecule has 1 aliphatic heterocycles. The lowest BCUT2D eigenvalue weighted by Crippen LogP contribution is -2.49. The molecule has 1 aliphatic carbocycles. The molecule has 2 radical (unpaired) electrons. The highest BCUT2D eigenvalue weighted by Gasteiger charge is 2.37. The number of nitrogens with zero attached hydrogens (tertiary/aromatic N) is 2. The van der Waals surface area contributed by atoms with E-state index in [0.29, 0.717) is 17.8 Å². The van der Waals surface area contributed by atoms with E-state index >= 15 is 0 Å². The lowest BCUT2D eigenvalue weighted by molar-refractivity contribution is 0.160. The van der Waals surface area contributed by atoms with Gasteiger partial charge in [0.2, 0.25) is 0 Å². The van der Waals surface area contributed by atoms with Gasteiger partial charge in [-0.3, -0.25) is 4.99 Å². The second-order valence-electron chi connectivity index (χ2n) is 4.87. The van der Waals surface area contributed by atoms with Crippen LogP contribution in [-0.4, -0.2) is 38.2 Å². The molecule has 2 fully saturated rings. The van der Waals surface area contributed by atoms with Crippen LogP contribution < -0.4 is 0 Å². The second kappa shape index (κ2) is 4.59. The molecule has 3 heteroatoms. The van der Waals surface area contributed by atoms with Crippen molar-refractivity contribution < 1.29 is 0 Å². The van der Waals surface area contributed by atoms with Gasteiger partial charge in [0.25, 0.3) is 0 Å². The molecule has 2 rings (SSSR count). The minimum absolute atomic E-state index is 0.425. The molecular weight excluding hydrogens is 183 g/mol. The van der Waals surface area contributed by atoms with E-state index in [1.165, 1.54) is 31.5 Å². The van der Waals surface area contributed by atoms with Crippen LogP contribution in [0.5, 0.6) is 0 Å². The minimum atomic E-state index is 0.425. The standard InChI is InChI=1S/C12H21BN2/c1-3-14-12-8-7-9-10(13)5-4-6-11(9)15(12)2/h9-11H,3-8H2,1-2H3. The van der Waals surface area contributed by atoms with Gasteiger partial charge in [-0.2, -0.15) is 0 Å². The Labute approximate surface area is 94.5 Å². The minimum Gasteiger partial charge on any atom is -0.360 e. The van der Waals surface area contributed by atoms with Gasteiger partial charge in [-0.1, -0.05) is 18.7 Å². The first kappa shape index (κ1) is 11.0. The Morgan fingerprint density at radius 3 is 2.93 bits per heavy atom. The number of likely N-dealkylation sites (tertiary alicyclic amines) is 1. The van der Waals surface area contributed by atoms with E-state index < -0.39 is 0 Å². The molecule has 0 aromatic rings.